The van der Waals surface area contributed by atoms with E-state index in [1.807, 2.05) is 29.7 Å². The summed E-state index contributed by atoms with van der Waals surface area (Å²) in [5.74, 6) is 1.29. The lowest BCUT2D eigenvalue weighted by molar-refractivity contribution is 0.102. The Morgan fingerprint density at radius 3 is 2.67 bits per heavy atom. The summed E-state index contributed by atoms with van der Waals surface area (Å²) in [7, 11) is 1.58. The maximum Gasteiger partial charge on any atom is 0.275 e. The van der Waals surface area contributed by atoms with Crippen LogP contribution in [0.1, 0.15) is 15.4 Å². The maximum atomic E-state index is 12.4. The fourth-order valence-corrected chi connectivity index (χ4v) is 3.35. The zero-order valence-electron chi connectivity index (χ0n) is 14.7. The molecule has 8 heteroatoms. The molecule has 27 heavy (non-hydrogen) atoms. The molecule has 0 unspecified atom stereocenters. The van der Waals surface area contributed by atoms with E-state index in [0.717, 1.165) is 9.84 Å². The summed E-state index contributed by atoms with van der Waals surface area (Å²) in [6.45, 7) is 2.00. The fourth-order valence-electron chi connectivity index (χ4n) is 2.55. The van der Waals surface area contributed by atoms with Gasteiger partial charge in [-0.1, -0.05) is 12.1 Å². The summed E-state index contributed by atoms with van der Waals surface area (Å²) in [5, 5.41) is 2.78. The Kier molecular flexibility index (Phi) is 4.47. The minimum Gasteiger partial charge on any atom is -0.493 e. The largest absolute Gasteiger partial charge is 0.493 e. The van der Waals surface area contributed by atoms with E-state index in [1.54, 1.807) is 37.6 Å². The van der Waals surface area contributed by atoms with Crippen molar-refractivity contribution in [3.05, 3.63) is 65.6 Å². The first kappa shape index (κ1) is 17.0. The number of nitrogens with one attached hydrogen (secondary N) is 1. The zero-order valence-corrected chi connectivity index (χ0v) is 15.5. The van der Waals surface area contributed by atoms with Gasteiger partial charge in [-0.2, -0.15) is 0 Å². The average molecular weight is 380 g/mol. The van der Waals surface area contributed by atoms with Crippen molar-refractivity contribution in [2.45, 2.75) is 6.92 Å². The second kappa shape index (κ2) is 7.08. The Bertz CT molecular complexity index is 1070. The lowest BCUT2D eigenvalue weighted by Gasteiger charge is -2.09. The molecule has 3 aromatic heterocycles. The zero-order chi connectivity index (χ0) is 18.8. The number of fused-ring (bicyclic) bond motifs is 1. The molecular weight excluding hydrogens is 364 g/mol. The van der Waals surface area contributed by atoms with Gasteiger partial charge in [0.2, 0.25) is 5.88 Å². The van der Waals surface area contributed by atoms with E-state index in [9.17, 15) is 4.79 Å². The predicted octanol–water partition coefficient (Wildman–Crippen LogP) is 4.15. The van der Waals surface area contributed by atoms with Crippen LogP contribution in [0, 0.1) is 6.92 Å². The highest BCUT2D eigenvalue weighted by molar-refractivity contribution is 7.17. The average Bonchev–Trinajstić information content (AvgIpc) is 3.21. The molecule has 0 bridgehead atoms. The number of hydrogen-bond donors (Lipinski definition) is 1. The van der Waals surface area contributed by atoms with Gasteiger partial charge >= 0.3 is 0 Å². The minimum atomic E-state index is -0.288. The van der Waals surface area contributed by atoms with Crippen LogP contribution >= 0.6 is 11.3 Å². The second-order valence-electron chi connectivity index (χ2n) is 5.75. The molecule has 0 saturated carbocycles. The number of aromatic nitrogens is 3. The van der Waals surface area contributed by atoms with Gasteiger partial charge in [0, 0.05) is 23.3 Å². The highest BCUT2D eigenvalue weighted by Gasteiger charge is 2.13. The summed E-state index contributed by atoms with van der Waals surface area (Å²) in [5.41, 5.74) is 0.913. The first-order valence-corrected chi connectivity index (χ1v) is 8.97. The van der Waals surface area contributed by atoms with Crippen LogP contribution in [0.3, 0.4) is 0 Å². The fraction of sp³-hybridized carbons (Fsp3) is 0.105. The van der Waals surface area contributed by atoms with E-state index in [1.165, 1.54) is 17.5 Å². The minimum absolute atomic E-state index is 0.288. The monoisotopic (exact) mass is 380 g/mol. The third kappa shape index (κ3) is 3.61. The number of amides is 1. The van der Waals surface area contributed by atoms with Crippen molar-refractivity contribution in [1.29, 1.82) is 0 Å². The number of benzene rings is 1. The number of ether oxygens (including phenoxy) is 2. The van der Waals surface area contributed by atoms with Crippen LogP contribution in [0.25, 0.3) is 4.96 Å². The highest BCUT2D eigenvalue weighted by Crippen LogP contribution is 2.30. The van der Waals surface area contributed by atoms with Gasteiger partial charge in [-0.25, -0.2) is 9.97 Å². The van der Waals surface area contributed by atoms with Crippen molar-refractivity contribution in [1.82, 2.24) is 14.4 Å². The third-order valence-electron chi connectivity index (χ3n) is 3.78. The van der Waals surface area contributed by atoms with E-state index in [-0.39, 0.29) is 5.91 Å². The lowest BCUT2D eigenvalue weighted by Crippen LogP contribution is -2.12. The predicted molar refractivity (Wildman–Crippen MR) is 103 cm³/mol. The summed E-state index contributed by atoms with van der Waals surface area (Å²) in [4.78, 5) is 22.9. The Hall–Kier alpha value is -3.39. The van der Waals surface area contributed by atoms with Crippen LogP contribution < -0.4 is 14.8 Å². The topological polar surface area (TPSA) is 77.8 Å². The molecule has 4 aromatic rings. The van der Waals surface area contributed by atoms with E-state index in [0.29, 0.717) is 28.8 Å². The number of nitrogens with zero attached hydrogens (tertiary/aromatic N) is 3. The molecule has 1 amide bonds. The molecule has 0 aliphatic rings. The number of para-hydroxylation sites is 2. The van der Waals surface area contributed by atoms with E-state index >= 15 is 0 Å². The van der Waals surface area contributed by atoms with Crippen molar-refractivity contribution in [2.24, 2.45) is 0 Å². The molecule has 0 aliphatic carbocycles. The van der Waals surface area contributed by atoms with Gasteiger partial charge in [-0.15, -0.1) is 11.3 Å². The van der Waals surface area contributed by atoms with Gasteiger partial charge in [0.15, 0.2) is 16.5 Å². The molecule has 3 heterocycles. The van der Waals surface area contributed by atoms with Gasteiger partial charge in [-0.3, -0.25) is 9.20 Å². The summed E-state index contributed by atoms with van der Waals surface area (Å²) < 4.78 is 12.8. The van der Waals surface area contributed by atoms with Crippen LogP contribution in [0.15, 0.2) is 55.0 Å². The maximum absolute atomic E-state index is 12.4. The van der Waals surface area contributed by atoms with Crippen molar-refractivity contribution >= 4 is 27.9 Å². The molecule has 0 aliphatic heterocycles. The summed E-state index contributed by atoms with van der Waals surface area (Å²) >= 11 is 1.54. The Morgan fingerprint density at radius 2 is 1.96 bits per heavy atom. The first-order chi connectivity index (χ1) is 13.1. The van der Waals surface area contributed by atoms with Gasteiger partial charge in [0.05, 0.1) is 19.0 Å². The number of aryl methyl sites for hydroxylation is 1. The molecule has 4 rings (SSSR count). The van der Waals surface area contributed by atoms with Crippen LogP contribution in [0.4, 0.5) is 5.69 Å². The number of pyridine rings is 1. The quantitative estimate of drug-likeness (QED) is 0.563. The molecule has 0 atom stereocenters. The van der Waals surface area contributed by atoms with Gasteiger partial charge < -0.3 is 14.8 Å². The SMILES string of the molecule is COc1ccccc1Oc1ccc(NC(=O)c2cn3cc(C)sc3n2)cn1. The summed E-state index contributed by atoms with van der Waals surface area (Å²) in [6.07, 6.45) is 5.18. The normalized spacial score (nSPS) is 10.7. The molecule has 1 N–H and O–H groups in total. The number of carbonyl (C=O) groups excluding carboxylic acids is 1. The van der Waals surface area contributed by atoms with Crippen molar-refractivity contribution in [2.75, 3.05) is 12.4 Å². The molecule has 1 aromatic carbocycles. The Balaban J connectivity index is 1.45. The molecule has 0 radical (unpaired) electrons. The number of anilines is 1. The van der Waals surface area contributed by atoms with Gasteiger partial charge in [-0.05, 0) is 25.1 Å². The van der Waals surface area contributed by atoms with Crippen LogP contribution in [0.2, 0.25) is 0 Å². The molecule has 0 saturated heterocycles. The number of methoxy groups -OCH3 is 1. The van der Waals surface area contributed by atoms with Crippen LogP contribution in [-0.4, -0.2) is 27.4 Å². The lowest BCUT2D eigenvalue weighted by atomic mass is 10.3. The number of carbonyl (C=O) groups is 1. The van der Waals surface area contributed by atoms with E-state index < -0.39 is 0 Å². The number of imidazole rings is 1. The molecular formula is C19H16N4O3S. The van der Waals surface area contributed by atoms with Crippen molar-refractivity contribution < 1.29 is 14.3 Å². The molecule has 136 valence electrons. The Morgan fingerprint density at radius 1 is 1.15 bits per heavy atom. The Labute approximate surface area is 159 Å². The standard InChI is InChI=1S/C19H16N4O3S/c1-12-10-23-11-14(22-19(23)27-12)18(24)21-13-7-8-17(20-9-13)26-16-6-4-3-5-15(16)25-2/h3-11H,1-2H3,(H,21,24). The number of hydrogen-bond acceptors (Lipinski definition) is 6. The van der Waals surface area contributed by atoms with E-state index in [2.05, 4.69) is 15.3 Å². The second-order valence-corrected chi connectivity index (χ2v) is 6.96. The first-order valence-electron chi connectivity index (χ1n) is 8.16. The number of rotatable bonds is 5. The van der Waals surface area contributed by atoms with Crippen LogP contribution in [-0.2, 0) is 0 Å². The van der Waals surface area contributed by atoms with E-state index in [4.69, 9.17) is 9.47 Å². The van der Waals surface area contributed by atoms with Gasteiger partial charge in [0.1, 0.15) is 5.69 Å². The molecule has 0 spiro atoms. The van der Waals surface area contributed by atoms with Crippen molar-refractivity contribution in [3.63, 3.8) is 0 Å². The molecule has 7 nitrogen and oxygen atoms in total. The number of thiazole rings is 1. The smallest absolute Gasteiger partial charge is 0.275 e. The van der Waals surface area contributed by atoms with Crippen LogP contribution in [0.5, 0.6) is 17.4 Å². The van der Waals surface area contributed by atoms with Crippen molar-refractivity contribution in [3.8, 4) is 17.4 Å². The van der Waals surface area contributed by atoms with Gasteiger partial charge in [0.25, 0.3) is 5.91 Å². The summed E-state index contributed by atoms with van der Waals surface area (Å²) in [6, 6.07) is 10.7. The molecule has 0 fully saturated rings. The third-order valence-corrected chi connectivity index (χ3v) is 4.69. The highest BCUT2D eigenvalue weighted by atomic mass is 32.1.